The lowest BCUT2D eigenvalue weighted by molar-refractivity contribution is -0.115. The molecular weight excluding hydrogens is 315 g/mol. The Hall–Kier alpha value is -0.710. The van der Waals surface area contributed by atoms with Gasteiger partial charge < -0.3 is 13.9 Å². The van der Waals surface area contributed by atoms with Crippen LogP contribution in [0, 0.1) is 0 Å². The average molecular weight is 348 g/mol. The zero-order chi connectivity index (χ0) is 18.0. The van der Waals surface area contributed by atoms with E-state index in [2.05, 4.69) is 18.8 Å². The quantitative estimate of drug-likeness (QED) is 0.338. The minimum absolute atomic E-state index is 0.0168. The van der Waals surface area contributed by atoms with Crippen molar-refractivity contribution in [2.75, 3.05) is 19.3 Å². The van der Waals surface area contributed by atoms with Gasteiger partial charge in [0.05, 0.1) is 12.2 Å². The van der Waals surface area contributed by atoms with Gasteiger partial charge in [-0.2, -0.15) is 4.99 Å². The van der Waals surface area contributed by atoms with Gasteiger partial charge in [-0.3, -0.25) is 9.36 Å². The molecule has 0 aliphatic carbocycles. The predicted molar refractivity (Wildman–Crippen MR) is 95.2 cm³/mol. The monoisotopic (exact) mass is 348 g/mol. The number of amidine groups is 1. The molecule has 0 saturated carbocycles. The molecule has 0 radical (unpaired) electrons. The molecule has 0 heterocycles. The second-order valence-corrected chi connectivity index (χ2v) is 8.07. The smallest absolute Gasteiger partial charge is 0.338 e. The zero-order valence-electron chi connectivity index (χ0n) is 15.7. The molecule has 0 aromatic rings. The molecule has 136 valence electrons. The Labute approximate surface area is 141 Å². The number of hydrogen-bond donors (Lipinski definition) is 0. The Morgan fingerprint density at radius 1 is 1.04 bits per heavy atom. The first-order chi connectivity index (χ1) is 10.6. The normalized spacial score (nSPS) is 13.0. The minimum Gasteiger partial charge on any atom is -0.359 e. The fraction of sp³-hybridized carbons (Fsp3) is 0.875. The van der Waals surface area contributed by atoms with Crippen LogP contribution in [0.25, 0.3) is 0 Å². The van der Waals surface area contributed by atoms with Crippen LogP contribution in [0.5, 0.6) is 0 Å². The molecule has 0 saturated heterocycles. The zero-order valence-corrected chi connectivity index (χ0v) is 16.6. The summed E-state index contributed by atoms with van der Waals surface area (Å²) in [5.41, 5.74) is 0. The van der Waals surface area contributed by atoms with Crippen LogP contribution in [0.2, 0.25) is 0 Å². The van der Waals surface area contributed by atoms with E-state index in [1.165, 1.54) is 6.92 Å². The van der Waals surface area contributed by atoms with Crippen molar-refractivity contribution in [2.45, 2.75) is 73.5 Å². The van der Waals surface area contributed by atoms with Crippen molar-refractivity contribution >= 4 is 19.3 Å². The summed E-state index contributed by atoms with van der Waals surface area (Å²) in [5, 5.41) is 0. The van der Waals surface area contributed by atoms with Gasteiger partial charge in [-0.25, -0.2) is 0 Å². The van der Waals surface area contributed by atoms with E-state index in [1.807, 2.05) is 32.6 Å². The van der Waals surface area contributed by atoms with E-state index in [1.54, 1.807) is 0 Å². The number of carbonyl (C=O) groups is 1. The minimum atomic E-state index is -3.37. The summed E-state index contributed by atoms with van der Waals surface area (Å²) in [6.45, 7) is 14.3. The number of nitrogens with zero attached hydrogens (tertiary/aromatic N) is 2. The molecule has 0 aliphatic heterocycles. The Bertz CT molecular complexity index is 416. The average Bonchev–Trinajstić information content (AvgIpc) is 2.34. The molecule has 1 amide bonds. The molecule has 0 aromatic heterocycles. The van der Waals surface area contributed by atoms with Gasteiger partial charge >= 0.3 is 7.60 Å². The highest BCUT2D eigenvalue weighted by Gasteiger charge is 2.32. The van der Waals surface area contributed by atoms with Crippen molar-refractivity contribution in [1.82, 2.24) is 4.90 Å². The van der Waals surface area contributed by atoms with Gasteiger partial charge in [-0.05, 0) is 40.5 Å². The van der Waals surface area contributed by atoms with Crippen molar-refractivity contribution in [3.8, 4) is 0 Å². The molecule has 6 nitrogen and oxygen atoms in total. The third-order valence-corrected chi connectivity index (χ3v) is 4.87. The van der Waals surface area contributed by atoms with Crippen molar-refractivity contribution in [3.05, 3.63) is 0 Å². The van der Waals surface area contributed by atoms with Crippen LogP contribution in [0.4, 0.5) is 0 Å². The lowest BCUT2D eigenvalue weighted by Crippen LogP contribution is -2.36. The lowest BCUT2D eigenvalue weighted by atomic mass is 10.3. The fourth-order valence-electron chi connectivity index (χ4n) is 2.21. The number of carbonyl (C=O) groups excluding carboxylic acids is 1. The summed E-state index contributed by atoms with van der Waals surface area (Å²) in [4.78, 5) is 17.6. The van der Waals surface area contributed by atoms with Gasteiger partial charge in [0, 0.05) is 20.0 Å². The standard InChI is InChI=1S/C16H33N2O4P/c1-8-10-18(11-9-2)16(17-15(7)19)12-23(20,21-13(3)4)22-14(5)6/h13-14H,8-12H2,1-7H3. The van der Waals surface area contributed by atoms with Crippen molar-refractivity contribution in [3.63, 3.8) is 0 Å². The van der Waals surface area contributed by atoms with Gasteiger partial charge in [-0.15, -0.1) is 0 Å². The van der Waals surface area contributed by atoms with Crippen LogP contribution >= 0.6 is 7.60 Å². The van der Waals surface area contributed by atoms with Crippen molar-refractivity contribution in [1.29, 1.82) is 0 Å². The van der Waals surface area contributed by atoms with E-state index in [0.717, 1.165) is 25.9 Å². The second-order valence-electron chi connectivity index (χ2n) is 6.11. The Balaban J connectivity index is 5.51. The molecule has 0 spiro atoms. The summed E-state index contributed by atoms with van der Waals surface area (Å²) in [7, 11) is -3.37. The van der Waals surface area contributed by atoms with Gasteiger partial charge in [0.2, 0.25) is 5.91 Å². The molecule has 23 heavy (non-hydrogen) atoms. The first-order valence-corrected chi connectivity index (χ1v) is 10.1. The van der Waals surface area contributed by atoms with Crippen LogP contribution in [0.1, 0.15) is 61.3 Å². The summed E-state index contributed by atoms with van der Waals surface area (Å²) in [6.07, 6.45) is 1.38. The Kier molecular flexibility index (Phi) is 10.6. The van der Waals surface area contributed by atoms with Gasteiger partial charge in [0.15, 0.2) is 0 Å². The van der Waals surface area contributed by atoms with Crippen molar-refractivity contribution < 1.29 is 18.4 Å². The lowest BCUT2D eigenvalue weighted by Gasteiger charge is -2.29. The van der Waals surface area contributed by atoms with E-state index < -0.39 is 7.60 Å². The van der Waals surface area contributed by atoms with Crippen LogP contribution in [0.15, 0.2) is 4.99 Å². The second kappa shape index (κ2) is 11.0. The van der Waals surface area contributed by atoms with E-state index in [0.29, 0.717) is 5.84 Å². The van der Waals surface area contributed by atoms with E-state index >= 15 is 0 Å². The number of hydrogen-bond acceptors (Lipinski definition) is 4. The molecule has 0 N–H and O–H groups in total. The first kappa shape index (κ1) is 22.3. The highest BCUT2D eigenvalue weighted by Crippen LogP contribution is 2.50. The molecule has 0 fully saturated rings. The van der Waals surface area contributed by atoms with Crippen LogP contribution in [-0.2, 0) is 18.4 Å². The maximum absolute atomic E-state index is 13.1. The predicted octanol–water partition coefficient (Wildman–Crippen LogP) is 4.10. The van der Waals surface area contributed by atoms with E-state index in [4.69, 9.17) is 9.05 Å². The molecule has 7 heteroatoms. The van der Waals surface area contributed by atoms with Gasteiger partial charge in [-0.1, -0.05) is 13.8 Å². The maximum atomic E-state index is 13.1. The highest BCUT2D eigenvalue weighted by atomic mass is 31.2. The molecular formula is C16H33N2O4P. The third kappa shape index (κ3) is 9.90. The fourth-order valence-corrected chi connectivity index (χ4v) is 4.31. The van der Waals surface area contributed by atoms with Crippen LogP contribution < -0.4 is 0 Å². The number of amides is 1. The molecule has 0 atom stereocenters. The summed E-state index contributed by atoms with van der Waals surface area (Å²) < 4.78 is 24.2. The SMILES string of the molecule is CCCN(CCC)C(CP(=O)(OC(C)C)OC(C)C)=NC(C)=O. The number of aliphatic imine (C=N–C) groups is 1. The molecule has 0 unspecified atom stereocenters. The van der Waals surface area contributed by atoms with Crippen molar-refractivity contribution in [2.24, 2.45) is 4.99 Å². The highest BCUT2D eigenvalue weighted by molar-refractivity contribution is 7.55. The molecule has 0 aromatic carbocycles. The van der Waals surface area contributed by atoms with Gasteiger partial charge in [0.25, 0.3) is 0 Å². The largest absolute Gasteiger partial charge is 0.359 e. The van der Waals surface area contributed by atoms with Crippen LogP contribution in [-0.4, -0.2) is 48.1 Å². The maximum Gasteiger partial charge on any atom is 0.338 e. The molecule has 0 rings (SSSR count). The number of rotatable bonds is 10. The Morgan fingerprint density at radius 2 is 1.48 bits per heavy atom. The summed E-state index contributed by atoms with van der Waals surface area (Å²) in [5.74, 6) is 0.184. The molecule has 0 aliphatic rings. The van der Waals surface area contributed by atoms with E-state index in [9.17, 15) is 9.36 Å². The topological polar surface area (TPSA) is 68.2 Å². The summed E-state index contributed by atoms with van der Waals surface area (Å²) in [6, 6.07) is 0. The molecule has 0 bridgehead atoms. The van der Waals surface area contributed by atoms with Crippen LogP contribution in [0.3, 0.4) is 0 Å². The van der Waals surface area contributed by atoms with E-state index in [-0.39, 0.29) is 24.3 Å². The Morgan fingerprint density at radius 3 is 1.78 bits per heavy atom. The first-order valence-electron chi connectivity index (χ1n) is 8.42. The van der Waals surface area contributed by atoms with Gasteiger partial charge in [0.1, 0.15) is 12.0 Å². The third-order valence-electron chi connectivity index (χ3n) is 2.72. The summed E-state index contributed by atoms with van der Waals surface area (Å²) >= 11 is 0.